The number of carbonyl (C=O) groups excluding carboxylic acids is 1. The maximum atomic E-state index is 13.0. The number of furan rings is 1. The molecular weight excluding hydrogens is 376 g/mol. The number of amides is 1. The van der Waals surface area contributed by atoms with Crippen molar-refractivity contribution in [3.05, 3.63) is 53.4 Å². The predicted molar refractivity (Wildman–Crippen MR) is 98.2 cm³/mol. The number of piperidine rings is 1. The Morgan fingerprint density at radius 3 is 2.69 bits per heavy atom. The summed E-state index contributed by atoms with van der Waals surface area (Å²) in [6.07, 6.45) is 4.04. The molecule has 0 spiro atoms. The standard InChI is InChI=1S/C18H21ClN2O4S/c19-14-6-8-17(9-7-14)26(23,24)21-10-2-1-4-15(21)12-18(22)20-13-16-5-3-11-25-16/h3,5-9,11,15H,1-2,4,10,12-13H2,(H,20,22). The van der Waals surface area contributed by atoms with E-state index in [2.05, 4.69) is 5.32 Å². The van der Waals surface area contributed by atoms with Crippen molar-refractivity contribution in [3.8, 4) is 0 Å². The van der Waals surface area contributed by atoms with Crippen molar-refractivity contribution in [2.45, 2.75) is 43.2 Å². The van der Waals surface area contributed by atoms with Crippen molar-refractivity contribution in [2.24, 2.45) is 0 Å². The number of benzene rings is 1. The van der Waals surface area contributed by atoms with Gasteiger partial charge in [-0.15, -0.1) is 0 Å². The summed E-state index contributed by atoms with van der Waals surface area (Å²) in [4.78, 5) is 12.5. The lowest BCUT2D eigenvalue weighted by atomic mass is 10.0. The third kappa shape index (κ3) is 4.47. The fourth-order valence-corrected chi connectivity index (χ4v) is 4.94. The van der Waals surface area contributed by atoms with Crippen LogP contribution in [0.15, 0.2) is 52.0 Å². The van der Waals surface area contributed by atoms with E-state index in [0.717, 1.165) is 12.8 Å². The molecule has 0 radical (unpaired) electrons. The van der Waals surface area contributed by atoms with Gasteiger partial charge in [0.15, 0.2) is 0 Å². The molecule has 0 bridgehead atoms. The molecule has 140 valence electrons. The highest BCUT2D eigenvalue weighted by Gasteiger charge is 2.34. The van der Waals surface area contributed by atoms with Crippen molar-refractivity contribution in [1.82, 2.24) is 9.62 Å². The summed E-state index contributed by atoms with van der Waals surface area (Å²) >= 11 is 5.85. The Labute approximate surface area is 158 Å². The van der Waals surface area contributed by atoms with Gasteiger partial charge in [0, 0.05) is 24.0 Å². The van der Waals surface area contributed by atoms with E-state index >= 15 is 0 Å². The lowest BCUT2D eigenvalue weighted by molar-refractivity contribution is -0.122. The lowest BCUT2D eigenvalue weighted by Gasteiger charge is -2.34. The van der Waals surface area contributed by atoms with Gasteiger partial charge in [0.05, 0.1) is 17.7 Å². The number of hydrogen-bond donors (Lipinski definition) is 1. The van der Waals surface area contributed by atoms with Gasteiger partial charge in [-0.3, -0.25) is 4.79 Å². The molecule has 1 unspecified atom stereocenters. The van der Waals surface area contributed by atoms with Gasteiger partial charge in [-0.05, 0) is 49.2 Å². The van der Waals surface area contributed by atoms with Gasteiger partial charge >= 0.3 is 0 Å². The zero-order valence-electron chi connectivity index (χ0n) is 14.2. The van der Waals surface area contributed by atoms with Gasteiger partial charge in [0.1, 0.15) is 5.76 Å². The SMILES string of the molecule is O=C(CC1CCCCN1S(=O)(=O)c1ccc(Cl)cc1)NCc1ccco1. The molecule has 1 N–H and O–H groups in total. The minimum Gasteiger partial charge on any atom is -0.467 e. The average Bonchev–Trinajstić information content (AvgIpc) is 3.14. The van der Waals surface area contributed by atoms with Gasteiger partial charge in [0.2, 0.25) is 15.9 Å². The van der Waals surface area contributed by atoms with E-state index in [1.165, 1.54) is 16.4 Å². The summed E-state index contributed by atoms with van der Waals surface area (Å²) in [6, 6.07) is 9.30. The van der Waals surface area contributed by atoms with Crippen LogP contribution < -0.4 is 5.32 Å². The van der Waals surface area contributed by atoms with Crippen LogP contribution in [0.5, 0.6) is 0 Å². The number of nitrogens with one attached hydrogen (secondary N) is 1. The van der Waals surface area contributed by atoms with Crippen LogP contribution in [0.3, 0.4) is 0 Å². The first-order valence-electron chi connectivity index (χ1n) is 8.53. The quantitative estimate of drug-likeness (QED) is 0.813. The van der Waals surface area contributed by atoms with Crippen molar-refractivity contribution in [1.29, 1.82) is 0 Å². The average molecular weight is 397 g/mol. The van der Waals surface area contributed by atoms with Crippen LogP contribution in [0.2, 0.25) is 5.02 Å². The Balaban J connectivity index is 1.68. The Morgan fingerprint density at radius 1 is 1.23 bits per heavy atom. The molecule has 1 saturated heterocycles. The van der Waals surface area contributed by atoms with Gasteiger partial charge in [0.25, 0.3) is 0 Å². The topological polar surface area (TPSA) is 79.6 Å². The van der Waals surface area contributed by atoms with Crippen molar-refractivity contribution >= 4 is 27.5 Å². The molecule has 8 heteroatoms. The van der Waals surface area contributed by atoms with Crippen LogP contribution in [0.1, 0.15) is 31.4 Å². The molecule has 1 fully saturated rings. The Kier molecular flexibility index (Phi) is 6.01. The number of hydrogen-bond acceptors (Lipinski definition) is 4. The lowest BCUT2D eigenvalue weighted by Crippen LogP contribution is -2.45. The summed E-state index contributed by atoms with van der Waals surface area (Å²) in [6.45, 7) is 0.712. The second kappa shape index (κ2) is 8.24. The molecule has 3 rings (SSSR count). The maximum Gasteiger partial charge on any atom is 0.243 e. The van der Waals surface area contributed by atoms with Crippen molar-refractivity contribution in [2.75, 3.05) is 6.54 Å². The van der Waals surface area contributed by atoms with Gasteiger partial charge in [-0.1, -0.05) is 18.0 Å². The third-order valence-electron chi connectivity index (χ3n) is 4.45. The van der Waals surface area contributed by atoms with Crippen LogP contribution in [-0.2, 0) is 21.4 Å². The van der Waals surface area contributed by atoms with E-state index < -0.39 is 10.0 Å². The molecule has 0 saturated carbocycles. The van der Waals surface area contributed by atoms with E-state index in [1.54, 1.807) is 30.5 Å². The monoisotopic (exact) mass is 396 g/mol. The minimum atomic E-state index is -3.66. The van der Waals surface area contributed by atoms with Gasteiger partial charge in [-0.2, -0.15) is 4.31 Å². The highest BCUT2D eigenvalue weighted by atomic mass is 35.5. The van der Waals surface area contributed by atoms with Gasteiger partial charge in [-0.25, -0.2) is 8.42 Å². The van der Waals surface area contributed by atoms with E-state index in [1.807, 2.05) is 0 Å². The molecule has 2 aromatic rings. The normalized spacial score (nSPS) is 18.6. The molecule has 26 heavy (non-hydrogen) atoms. The maximum absolute atomic E-state index is 13.0. The van der Waals surface area contributed by atoms with Crippen molar-refractivity contribution < 1.29 is 17.6 Å². The molecule has 1 aliphatic heterocycles. The molecule has 1 atom stereocenters. The summed E-state index contributed by atoms with van der Waals surface area (Å²) in [5, 5.41) is 3.26. The fourth-order valence-electron chi connectivity index (χ4n) is 3.12. The van der Waals surface area contributed by atoms with Crippen LogP contribution in [-0.4, -0.2) is 31.2 Å². The van der Waals surface area contributed by atoms with Crippen LogP contribution >= 0.6 is 11.6 Å². The van der Waals surface area contributed by atoms with E-state index in [9.17, 15) is 13.2 Å². The molecule has 1 amide bonds. The van der Waals surface area contributed by atoms with Crippen LogP contribution in [0.25, 0.3) is 0 Å². The predicted octanol–water partition coefficient (Wildman–Crippen LogP) is 3.18. The number of sulfonamides is 1. The fraction of sp³-hybridized carbons (Fsp3) is 0.389. The van der Waals surface area contributed by atoms with E-state index in [0.29, 0.717) is 30.3 Å². The summed E-state index contributed by atoms with van der Waals surface area (Å²) in [5.74, 6) is 0.470. The molecule has 1 aromatic heterocycles. The number of rotatable bonds is 6. The smallest absolute Gasteiger partial charge is 0.243 e. The van der Waals surface area contributed by atoms with Crippen molar-refractivity contribution in [3.63, 3.8) is 0 Å². The molecule has 1 aromatic carbocycles. The summed E-state index contributed by atoms with van der Waals surface area (Å²) < 4.78 is 32.6. The molecule has 0 aliphatic carbocycles. The van der Waals surface area contributed by atoms with Gasteiger partial charge < -0.3 is 9.73 Å². The Hall–Kier alpha value is -1.83. The molecule has 2 heterocycles. The first kappa shape index (κ1) is 18.9. The third-order valence-corrected chi connectivity index (χ3v) is 6.67. The molecular formula is C18H21ClN2O4S. The highest BCUT2D eigenvalue weighted by molar-refractivity contribution is 7.89. The largest absolute Gasteiger partial charge is 0.467 e. The summed E-state index contributed by atoms with van der Waals surface area (Å²) in [5.41, 5.74) is 0. The second-order valence-corrected chi connectivity index (χ2v) is 8.61. The zero-order valence-corrected chi connectivity index (χ0v) is 15.8. The van der Waals surface area contributed by atoms with Crippen LogP contribution in [0, 0.1) is 0 Å². The minimum absolute atomic E-state index is 0.132. The zero-order chi connectivity index (χ0) is 18.6. The van der Waals surface area contributed by atoms with E-state index in [-0.39, 0.29) is 23.3 Å². The van der Waals surface area contributed by atoms with E-state index in [4.69, 9.17) is 16.0 Å². The first-order chi connectivity index (χ1) is 12.5. The number of halogens is 1. The van der Waals surface area contributed by atoms with Crippen LogP contribution in [0.4, 0.5) is 0 Å². The second-order valence-electron chi connectivity index (χ2n) is 6.28. The highest BCUT2D eigenvalue weighted by Crippen LogP contribution is 2.27. The molecule has 6 nitrogen and oxygen atoms in total. The summed E-state index contributed by atoms with van der Waals surface area (Å²) in [7, 11) is -3.66. The number of nitrogens with zero attached hydrogens (tertiary/aromatic N) is 1. The Bertz CT molecular complexity index is 835. The number of carbonyl (C=O) groups is 1. The molecule has 1 aliphatic rings. The first-order valence-corrected chi connectivity index (χ1v) is 10.3. The Morgan fingerprint density at radius 2 is 2.00 bits per heavy atom.